The molecule has 0 radical (unpaired) electrons. The number of likely N-dealkylation sites (tertiary alicyclic amines) is 1. The summed E-state index contributed by atoms with van der Waals surface area (Å²) in [6.45, 7) is 1.45. The summed E-state index contributed by atoms with van der Waals surface area (Å²) >= 11 is 0. The van der Waals surface area contributed by atoms with Gasteiger partial charge in [0, 0.05) is 25.2 Å². The molecule has 6 nitrogen and oxygen atoms in total. The first-order chi connectivity index (χ1) is 15.0. The number of nitrogens with zero attached hydrogens (tertiary/aromatic N) is 3. The van der Waals surface area contributed by atoms with E-state index in [2.05, 4.69) is 5.10 Å². The molecule has 1 atom stereocenters. The summed E-state index contributed by atoms with van der Waals surface area (Å²) in [7, 11) is 1.45. The normalized spacial score (nSPS) is 16.2. The highest BCUT2D eigenvalue weighted by Gasteiger charge is 2.31. The van der Waals surface area contributed by atoms with Crippen LogP contribution in [0, 0.1) is 11.7 Å². The van der Waals surface area contributed by atoms with Crippen LogP contribution in [0.3, 0.4) is 0 Å². The summed E-state index contributed by atoms with van der Waals surface area (Å²) in [5.74, 6) is -0.889. The highest BCUT2D eigenvalue weighted by atomic mass is 19.1. The zero-order valence-corrected chi connectivity index (χ0v) is 17.3. The van der Waals surface area contributed by atoms with Crippen LogP contribution in [-0.2, 0) is 6.54 Å². The maximum Gasteiger partial charge on any atom is 0.257 e. The van der Waals surface area contributed by atoms with E-state index < -0.39 is 11.7 Å². The maximum atomic E-state index is 13.7. The minimum absolute atomic E-state index is 0.150. The molecular formula is C24H24FN3O3. The van der Waals surface area contributed by atoms with Crippen molar-refractivity contribution in [3.05, 3.63) is 83.4 Å². The molecule has 1 amide bonds. The zero-order valence-electron chi connectivity index (χ0n) is 17.3. The molecule has 1 saturated heterocycles. The van der Waals surface area contributed by atoms with Gasteiger partial charge in [0.15, 0.2) is 5.78 Å². The molecule has 0 aliphatic carbocycles. The molecular weight excluding hydrogens is 397 g/mol. The third-order valence-corrected chi connectivity index (χ3v) is 5.57. The molecule has 0 N–H and O–H groups in total. The minimum Gasteiger partial charge on any atom is -0.496 e. The third-order valence-electron chi connectivity index (χ3n) is 5.57. The van der Waals surface area contributed by atoms with E-state index in [0.29, 0.717) is 43.8 Å². The average molecular weight is 421 g/mol. The smallest absolute Gasteiger partial charge is 0.257 e. The van der Waals surface area contributed by atoms with Gasteiger partial charge in [-0.3, -0.25) is 14.3 Å². The van der Waals surface area contributed by atoms with E-state index in [9.17, 15) is 14.0 Å². The number of carbonyl (C=O) groups excluding carboxylic acids is 2. The number of ketones is 1. The number of aromatic nitrogens is 2. The lowest BCUT2D eigenvalue weighted by atomic mass is 9.89. The Morgan fingerprint density at radius 3 is 2.77 bits per heavy atom. The zero-order chi connectivity index (χ0) is 21.8. The standard InChI is InChI=1S/C24H24FN3O3/c1-31-22-10-9-20(25)12-21(22)23(29)18-8-5-11-27(15-18)24(30)19-13-26-28(16-19)14-17-6-3-2-4-7-17/h2-4,6-7,9-10,12-13,16,18H,5,8,11,14-15H2,1H3/t18-/m1/s1. The number of amides is 1. The van der Waals surface area contributed by atoms with Gasteiger partial charge in [-0.1, -0.05) is 30.3 Å². The van der Waals surface area contributed by atoms with Crippen LogP contribution >= 0.6 is 0 Å². The Balaban J connectivity index is 1.46. The molecule has 1 fully saturated rings. The molecule has 31 heavy (non-hydrogen) atoms. The second kappa shape index (κ2) is 9.12. The van der Waals surface area contributed by atoms with Crippen molar-refractivity contribution in [3.8, 4) is 5.75 Å². The van der Waals surface area contributed by atoms with E-state index in [0.717, 1.165) is 5.56 Å². The van der Waals surface area contributed by atoms with Crippen LogP contribution in [0.25, 0.3) is 0 Å². The maximum absolute atomic E-state index is 13.7. The second-order valence-electron chi connectivity index (χ2n) is 7.71. The number of carbonyl (C=O) groups is 2. The van der Waals surface area contributed by atoms with Gasteiger partial charge < -0.3 is 9.64 Å². The Hall–Kier alpha value is -3.48. The lowest BCUT2D eigenvalue weighted by molar-refractivity contribution is 0.0636. The summed E-state index contributed by atoms with van der Waals surface area (Å²) in [5, 5.41) is 4.31. The van der Waals surface area contributed by atoms with Gasteiger partial charge in [0.25, 0.3) is 5.91 Å². The van der Waals surface area contributed by atoms with Crippen LogP contribution in [0.2, 0.25) is 0 Å². The van der Waals surface area contributed by atoms with Crippen molar-refractivity contribution in [3.63, 3.8) is 0 Å². The third kappa shape index (κ3) is 4.66. The Morgan fingerprint density at radius 1 is 1.19 bits per heavy atom. The number of benzene rings is 2. The van der Waals surface area contributed by atoms with Crippen LogP contribution in [0.5, 0.6) is 5.75 Å². The minimum atomic E-state index is -0.487. The lowest BCUT2D eigenvalue weighted by Gasteiger charge is -2.32. The molecule has 0 unspecified atom stereocenters. The Labute approximate surface area is 180 Å². The quantitative estimate of drug-likeness (QED) is 0.568. The predicted octanol–water partition coefficient (Wildman–Crippen LogP) is 3.81. The topological polar surface area (TPSA) is 64.4 Å². The Morgan fingerprint density at radius 2 is 2.00 bits per heavy atom. The highest BCUT2D eigenvalue weighted by molar-refractivity contribution is 6.01. The van der Waals surface area contributed by atoms with Crippen LogP contribution in [0.1, 0.15) is 39.1 Å². The first-order valence-corrected chi connectivity index (χ1v) is 10.3. The summed E-state index contributed by atoms with van der Waals surface area (Å²) in [6.07, 6.45) is 4.65. The van der Waals surface area contributed by atoms with E-state index >= 15 is 0 Å². The van der Waals surface area contributed by atoms with Crippen molar-refractivity contribution in [1.82, 2.24) is 14.7 Å². The van der Waals surface area contributed by atoms with Crippen molar-refractivity contribution in [2.45, 2.75) is 19.4 Å². The molecule has 1 aromatic heterocycles. The molecule has 3 aromatic rings. The number of rotatable bonds is 6. The van der Waals surface area contributed by atoms with Gasteiger partial charge in [0.2, 0.25) is 0 Å². The van der Waals surface area contributed by atoms with Crippen molar-refractivity contribution < 1.29 is 18.7 Å². The van der Waals surface area contributed by atoms with Gasteiger partial charge in [-0.2, -0.15) is 5.10 Å². The van der Waals surface area contributed by atoms with E-state index in [4.69, 9.17) is 4.74 Å². The fourth-order valence-corrected chi connectivity index (χ4v) is 3.98. The van der Waals surface area contributed by atoms with Crippen molar-refractivity contribution >= 4 is 11.7 Å². The fourth-order valence-electron chi connectivity index (χ4n) is 3.98. The SMILES string of the molecule is COc1ccc(F)cc1C(=O)[C@@H]1CCCN(C(=O)c2cnn(Cc3ccccc3)c2)C1. The van der Waals surface area contributed by atoms with E-state index in [-0.39, 0.29) is 17.3 Å². The second-order valence-corrected chi connectivity index (χ2v) is 7.71. The van der Waals surface area contributed by atoms with Gasteiger partial charge in [0.05, 0.1) is 31.0 Å². The van der Waals surface area contributed by atoms with Gasteiger partial charge in [-0.15, -0.1) is 0 Å². The van der Waals surface area contributed by atoms with E-state index in [1.165, 1.54) is 25.3 Å². The first-order valence-electron chi connectivity index (χ1n) is 10.3. The monoisotopic (exact) mass is 421 g/mol. The van der Waals surface area contributed by atoms with Gasteiger partial charge >= 0.3 is 0 Å². The Kier molecular flexibility index (Phi) is 6.11. The van der Waals surface area contributed by atoms with Crippen molar-refractivity contribution in [2.24, 2.45) is 5.92 Å². The number of hydrogen-bond acceptors (Lipinski definition) is 4. The van der Waals surface area contributed by atoms with Gasteiger partial charge in [-0.25, -0.2) is 4.39 Å². The summed E-state index contributed by atoms with van der Waals surface area (Å²) < 4.78 is 20.7. The molecule has 2 heterocycles. The van der Waals surface area contributed by atoms with Crippen LogP contribution < -0.4 is 4.74 Å². The number of ether oxygens (including phenoxy) is 1. The number of hydrogen-bond donors (Lipinski definition) is 0. The van der Waals surface area contributed by atoms with Crippen molar-refractivity contribution in [2.75, 3.05) is 20.2 Å². The largest absolute Gasteiger partial charge is 0.496 e. The lowest BCUT2D eigenvalue weighted by Crippen LogP contribution is -2.42. The summed E-state index contributed by atoms with van der Waals surface area (Å²) in [6, 6.07) is 13.8. The number of methoxy groups -OCH3 is 1. The van der Waals surface area contributed by atoms with E-state index in [1.807, 2.05) is 30.3 Å². The van der Waals surface area contributed by atoms with Crippen LogP contribution in [-0.4, -0.2) is 46.6 Å². The molecule has 0 spiro atoms. The fraction of sp³-hybridized carbons (Fsp3) is 0.292. The van der Waals surface area contributed by atoms with Crippen LogP contribution in [0.4, 0.5) is 4.39 Å². The summed E-state index contributed by atoms with van der Waals surface area (Å²) in [4.78, 5) is 27.7. The highest BCUT2D eigenvalue weighted by Crippen LogP contribution is 2.27. The molecule has 0 saturated carbocycles. The van der Waals surface area contributed by atoms with E-state index in [1.54, 1.807) is 22.0 Å². The average Bonchev–Trinajstić information content (AvgIpc) is 3.27. The molecule has 160 valence electrons. The molecule has 0 bridgehead atoms. The molecule has 2 aromatic carbocycles. The summed E-state index contributed by atoms with van der Waals surface area (Å²) in [5.41, 5.74) is 1.81. The van der Waals surface area contributed by atoms with Gasteiger partial charge in [-0.05, 0) is 36.6 Å². The number of piperidine rings is 1. The Bertz CT molecular complexity index is 1080. The van der Waals surface area contributed by atoms with Crippen molar-refractivity contribution in [1.29, 1.82) is 0 Å². The van der Waals surface area contributed by atoms with Gasteiger partial charge in [0.1, 0.15) is 11.6 Å². The number of halogens is 1. The predicted molar refractivity (Wildman–Crippen MR) is 114 cm³/mol. The molecule has 1 aliphatic heterocycles. The first kappa shape index (κ1) is 20.8. The molecule has 1 aliphatic rings. The molecule has 4 rings (SSSR count). The number of Topliss-reactive ketones (excluding diaryl/α,β-unsaturated/α-hetero) is 1. The molecule has 7 heteroatoms. The van der Waals surface area contributed by atoms with Crippen LogP contribution in [0.15, 0.2) is 60.9 Å².